The van der Waals surface area contributed by atoms with E-state index in [0.29, 0.717) is 47.6 Å². The maximum Gasteiger partial charge on any atom is 0.416 e. The third-order valence-electron chi connectivity index (χ3n) is 9.15. The van der Waals surface area contributed by atoms with Crippen molar-refractivity contribution in [3.05, 3.63) is 88.0 Å². The Hall–Kier alpha value is -4.68. The Labute approximate surface area is 279 Å². The average Bonchev–Trinajstić information content (AvgIpc) is 3.31. The van der Waals surface area contributed by atoms with Gasteiger partial charge in [-0.3, -0.25) is 4.90 Å². The Balaban J connectivity index is 1.56. The van der Waals surface area contributed by atoms with Crippen molar-refractivity contribution in [1.29, 1.82) is 0 Å². The zero-order valence-electron chi connectivity index (χ0n) is 27.4. The average molecular weight is 692 g/mol. The zero-order valence-corrected chi connectivity index (χ0v) is 27.4. The zero-order chi connectivity index (χ0) is 36.1. The van der Waals surface area contributed by atoms with Crippen LogP contribution in [0.25, 0.3) is 16.7 Å². The second-order valence-electron chi connectivity index (χ2n) is 13.1. The van der Waals surface area contributed by atoms with E-state index >= 15 is 0 Å². The first kappa shape index (κ1) is 35.6. The highest BCUT2D eigenvalue weighted by molar-refractivity contribution is 5.90. The summed E-state index contributed by atoms with van der Waals surface area (Å²) in [6.45, 7) is 5.69. The maximum atomic E-state index is 13.6. The molecule has 1 saturated heterocycles. The van der Waals surface area contributed by atoms with Gasteiger partial charge in [-0.15, -0.1) is 0 Å². The third-order valence-corrected chi connectivity index (χ3v) is 9.15. The molecule has 0 spiro atoms. The number of hydrogen-bond acceptors (Lipinski definition) is 5. The van der Waals surface area contributed by atoms with Gasteiger partial charge < -0.3 is 19.3 Å². The topological polar surface area (TPSA) is 85.3 Å². The van der Waals surface area contributed by atoms with Crippen molar-refractivity contribution < 1.29 is 55.2 Å². The van der Waals surface area contributed by atoms with Gasteiger partial charge in [0.2, 0.25) is 0 Å². The molecule has 3 aromatic rings. The van der Waals surface area contributed by atoms with Crippen molar-refractivity contribution in [3.8, 4) is 22.6 Å². The Morgan fingerprint density at radius 3 is 2.12 bits per heavy atom. The van der Waals surface area contributed by atoms with Gasteiger partial charge in [0.05, 0.1) is 37.0 Å². The van der Waals surface area contributed by atoms with Crippen molar-refractivity contribution in [3.63, 3.8) is 0 Å². The number of carboxylic acids is 1. The molecule has 0 saturated carbocycles. The summed E-state index contributed by atoms with van der Waals surface area (Å²) < 4.78 is 98.4. The molecule has 13 heteroatoms. The molecule has 0 radical (unpaired) electrons. The van der Waals surface area contributed by atoms with E-state index in [1.54, 1.807) is 12.1 Å². The number of carbonyl (C=O) groups is 2. The van der Waals surface area contributed by atoms with Crippen LogP contribution in [-0.4, -0.2) is 48.9 Å². The van der Waals surface area contributed by atoms with Crippen LogP contribution in [0, 0.1) is 5.41 Å². The summed E-state index contributed by atoms with van der Waals surface area (Å²) >= 11 is 0. The molecule has 0 unspecified atom stereocenters. The number of methoxy groups -OCH3 is 2. The van der Waals surface area contributed by atoms with Crippen LogP contribution in [-0.2, 0) is 17.1 Å². The SMILES string of the molecule is COc1ccc(-c2ccc(C(=O)O)cc2OC)cc1C1=C(CN2C(=O)O[C@H](c3cc(C(F)(F)F)cc(C(F)(F)F)c3)[C@@H]2C)CC(C)(C)CC1. The van der Waals surface area contributed by atoms with Crippen molar-refractivity contribution in [2.75, 3.05) is 20.8 Å². The van der Waals surface area contributed by atoms with E-state index in [4.69, 9.17) is 14.2 Å². The normalized spacial score (nSPS) is 19.6. The molecule has 49 heavy (non-hydrogen) atoms. The fourth-order valence-electron chi connectivity index (χ4n) is 6.57. The smallest absolute Gasteiger partial charge is 0.416 e. The number of benzene rings is 3. The van der Waals surface area contributed by atoms with Crippen molar-refractivity contribution >= 4 is 17.6 Å². The highest BCUT2D eigenvalue weighted by Crippen LogP contribution is 2.47. The van der Waals surface area contributed by atoms with E-state index in [-0.39, 0.29) is 23.6 Å². The Bertz CT molecular complexity index is 1780. The first-order chi connectivity index (χ1) is 22.8. The highest BCUT2D eigenvalue weighted by Gasteiger charge is 2.44. The molecule has 0 bridgehead atoms. The Morgan fingerprint density at radius 1 is 0.918 bits per heavy atom. The van der Waals surface area contributed by atoms with Gasteiger partial charge >= 0.3 is 24.4 Å². The van der Waals surface area contributed by atoms with Crippen LogP contribution in [0.2, 0.25) is 0 Å². The van der Waals surface area contributed by atoms with E-state index < -0.39 is 53.3 Å². The predicted octanol–water partition coefficient (Wildman–Crippen LogP) is 9.65. The minimum absolute atomic E-state index is 0.0182. The van der Waals surface area contributed by atoms with Gasteiger partial charge in [0, 0.05) is 17.7 Å². The molecule has 1 N–H and O–H groups in total. The Morgan fingerprint density at radius 2 is 1.55 bits per heavy atom. The molecule has 5 rings (SSSR count). The van der Waals surface area contributed by atoms with Crippen molar-refractivity contribution in [2.24, 2.45) is 5.41 Å². The van der Waals surface area contributed by atoms with Crippen LogP contribution >= 0.6 is 0 Å². The second-order valence-corrected chi connectivity index (χ2v) is 13.1. The number of halogens is 6. The van der Waals surface area contributed by atoms with Crippen LogP contribution < -0.4 is 9.47 Å². The van der Waals surface area contributed by atoms with Crippen LogP contribution in [0.3, 0.4) is 0 Å². The van der Waals surface area contributed by atoms with E-state index in [9.17, 15) is 41.0 Å². The lowest BCUT2D eigenvalue weighted by Crippen LogP contribution is -2.35. The molecule has 0 aromatic heterocycles. The molecular weight excluding hydrogens is 656 g/mol. The molecule has 2 atom stereocenters. The van der Waals surface area contributed by atoms with Gasteiger partial charge in [-0.2, -0.15) is 26.3 Å². The summed E-state index contributed by atoms with van der Waals surface area (Å²) in [6, 6.07) is 10.3. The lowest BCUT2D eigenvalue weighted by atomic mass is 9.72. The highest BCUT2D eigenvalue weighted by atomic mass is 19.4. The lowest BCUT2D eigenvalue weighted by Gasteiger charge is -2.36. The molecule has 1 heterocycles. The van der Waals surface area contributed by atoms with Crippen LogP contribution in [0.5, 0.6) is 11.5 Å². The predicted molar refractivity (Wildman–Crippen MR) is 168 cm³/mol. The number of ether oxygens (including phenoxy) is 3. The van der Waals surface area contributed by atoms with Gasteiger partial charge in [-0.05, 0) is 102 Å². The molecular formula is C36H35F6NO6. The molecule has 2 aliphatic rings. The van der Waals surface area contributed by atoms with E-state index in [1.165, 1.54) is 38.2 Å². The quantitative estimate of drug-likeness (QED) is 0.237. The van der Waals surface area contributed by atoms with Gasteiger partial charge in [-0.25, -0.2) is 9.59 Å². The number of cyclic esters (lactones) is 1. The molecule has 1 aliphatic heterocycles. The van der Waals surface area contributed by atoms with Crippen LogP contribution in [0.1, 0.15) is 78.7 Å². The largest absolute Gasteiger partial charge is 0.496 e. The summed E-state index contributed by atoms with van der Waals surface area (Å²) in [4.78, 5) is 26.1. The number of allylic oxidation sites excluding steroid dienone is 1. The Kier molecular flexibility index (Phi) is 9.43. The fourth-order valence-corrected chi connectivity index (χ4v) is 6.57. The summed E-state index contributed by atoms with van der Waals surface area (Å²) in [6.07, 6.45) is -10.4. The van der Waals surface area contributed by atoms with E-state index in [1.807, 2.05) is 12.1 Å². The summed E-state index contributed by atoms with van der Waals surface area (Å²) in [5.74, 6) is -0.223. The maximum absolute atomic E-state index is 13.6. The van der Waals surface area contributed by atoms with Gasteiger partial charge in [0.1, 0.15) is 17.6 Å². The van der Waals surface area contributed by atoms with Gasteiger partial charge in [0.25, 0.3) is 0 Å². The standard InChI is InChI=1S/C36H35F6NO6/c1-19-31(22-12-24(35(37,38)39)16-25(13-22)36(40,41)42)49-33(46)43(19)18-23-17-34(2,3)11-10-26(23)28-14-20(7-9-29(28)47-4)27-8-6-21(32(44)45)15-30(27)48-5/h6-9,12-16,19,31H,10-11,17-18H2,1-5H3,(H,44,45)/t19-,31-/m0/s1. The third kappa shape index (κ3) is 7.35. The number of nitrogens with zero attached hydrogens (tertiary/aromatic N) is 1. The second kappa shape index (κ2) is 13.0. The number of carbonyl (C=O) groups excluding carboxylic acids is 1. The first-order valence-electron chi connectivity index (χ1n) is 15.4. The summed E-state index contributed by atoms with van der Waals surface area (Å²) in [5, 5.41) is 9.44. The summed E-state index contributed by atoms with van der Waals surface area (Å²) in [5.41, 5.74) is 0.269. The minimum atomic E-state index is -5.05. The number of rotatable bonds is 8. The van der Waals surface area contributed by atoms with Gasteiger partial charge in [-0.1, -0.05) is 19.9 Å². The van der Waals surface area contributed by atoms with E-state index in [2.05, 4.69) is 13.8 Å². The number of amides is 1. The number of carboxylic acid groups (broad SMARTS) is 1. The van der Waals surface area contributed by atoms with Crippen LogP contribution in [0.4, 0.5) is 31.1 Å². The molecule has 1 fully saturated rings. The fraction of sp³-hybridized carbons (Fsp3) is 0.389. The first-order valence-corrected chi connectivity index (χ1v) is 15.4. The molecule has 1 amide bonds. The van der Waals surface area contributed by atoms with Crippen molar-refractivity contribution in [2.45, 2.75) is 64.5 Å². The minimum Gasteiger partial charge on any atom is -0.496 e. The molecule has 262 valence electrons. The lowest BCUT2D eigenvalue weighted by molar-refractivity contribution is -0.143. The van der Waals surface area contributed by atoms with Crippen molar-refractivity contribution in [1.82, 2.24) is 4.90 Å². The molecule has 7 nitrogen and oxygen atoms in total. The number of hydrogen-bond donors (Lipinski definition) is 1. The summed E-state index contributed by atoms with van der Waals surface area (Å²) in [7, 11) is 2.95. The molecule has 3 aromatic carbocycles. The number of aromatic carboxylic acids is 1. The van der Waals surface area contributed by atoms with Gasteiger partial charge in [0.15, 0.2) is 0 Å². The van der Waals surface area contributed by atoms with Crippen LogP contribution in [0.15, 0.2) is 60.2 Å². The monoisotopic (exact) mass is 691 g/mol. The number of alkyl halides is 6. The molecule has 1 aliphatic carbocycles. The van der Waals surface area contributed by atoms with E-state index in [0.717, 1.165) is 23.1 Å².